The number of Topliss-reactive ketones (excluding diaryl/α,β-unsaturated/α-hetero) is 1. The van der Waals surface area contributed by atoms with Gasteiger partial charge in [0.1, 0.15) is 6.04 Å². The summed E-state index contributed by atoms with van der Waals surface area (Å²) in [6, 6.07) is -1.60. The number of fused-ring (bicyclic) bond motifs is 1. The summed E-state index contributed by atoms with van der Waals surface area (Å²) in [4.78, 5) is 57.5. The van der Waals surface area contributed by atoms with Gasteiger partial charge in [-0.3, -0.25) is 24.1 Å². The molecule has 0 aromatic rings. The van der Waals surface area contributed by atoms with Gasteiger partial charge in [0.25, 0.3) is 5.91 Å². The fourth-order valence-corrected chi connectivity index (χ4v) is 6.73. The molecule has 36 heavy (non-hydrogen) atoms. The second-order valence-electron chi connectivity index (χ2n) is 12.6. The van der Waals surface area contributed by atoms with Gasteiger partial charge >= 0.3 is 0 Å². The zero-order chi connectivity index (χ0) is 26.0. The van der Waals surface area contributed by atoms with Crippen LogP contribution in [0.15, 0.2) is 0 Å². The second-order valence-corrected chi connectivity index (χ2v) is 12.6. The number of rotatable bonds is 9. The van der Waals surface area contributed by atoms with Gasteiger partial charge in [0.15, 0.2) is 0 Å². The van der Waals surface area contributed by atoms with Gasteiger partial charge < -0.3 is 15.5 Å². The van der Waals surface area contributed by atoms with Crippen LogP contribution in [0.1, 0.15) is 91.9 Å². The first-order chi connectivity index (χ1) is 17.1. The molecule has 4 rings (SSSR count). The number of nitrogens with zero attached hydrogens (tertiary/aromatic N) is 2. The van der Waals surface area contributed by atoms with Crippen LogP contribution in [0.4, 0.5) is 0 Å². The summed E-state index contributed by atoms with van der Waals surface area (Å²) >= 11 is 0. The highest BCUT2D eigenvalue weighted by Crippen LogP contribution is 2.43. The molecule has 4 aliphatic rings. The summed E-state index contributed by atoms with van der Waals surface area (Å²) in [7, 11) is 0. The average Bonchev–Trinajstić information content (AvgIpc) is 3.38. The van der Waals surface area contributed by atoms with E-state index in [0.717, 1.165) is 58.0 Å². The summed E-state index contributed by atoms with van der Waals surface area (Å²) < 4.78 is 0. The van der Waals surface area contributed by atoms with Gasteiger partial charge in [0, 0.05) is 12.6 Å². The van der Waals surface area contributed by atoms with Crippen molar-refractivity contribution in [1.29, 1.82) is 0 Å². The maximum absolute atomic E-state index is 14.2. The van der Waals surface area contributed by atoms with Gasteiger partial charge in [-0.1, -0.05) is 47.0 Å². The Morgan fingerprint density at radius 3 is 2.25 bits per heavy atom. The standard InChI is InChI=1S/C28H46N4O4/c1-5-10-21(23(33)26(35)29-19-13-14-19)30-25(34)22-20-12-9-11-18(20)17-32(22)27(36)24(28(2,3)4)31-15-7-6-8-16-31/h18-22,24H,5-17H2,1-4H3,(H,29,35)(H,30,34)/t18?,20?,21?,22?,24-/m0/s1. The van der Waals surface area contributed by atoms with Gasteiger partial charge in [-0.15, -0.1) is 0 Å². The van der Waals surface area contributed by atoms with Crippen LogP contribution in [0, 0.1) is 17.3 Å². The van der Waals surface area contributed by atoms with Crippen LogP contribution in [0.25, 0.3) is 0 Å². The van der Waals surface area contributed by atoms with Gasteiger partial charge in [-0.05, 0) is 75.3 Å². The maximum atomic E-state index is 14.2. The van der Waals surface area contributed by atoms with Gasteiger partial charge in [-0.25, -0.2) is 0 Å². The predicted octanol–water partition coefficient (Wildman–Crippen LogP) is 2.65. The second kappa shape index (κ2) is 11.2. The molecule has 2 aliphatic carbocycles. The van der Waals surface area contributed by atoms with Crippen molar-refractivity contribution in [1.82, 2.24) is 20.4 Å². The minimum absolute atomic E-state index is 0.0452. The van der Waals surface area contributed by atoms with Crippen LogP contribution < -0.4 is 10.6 Å². The lowest BCUT2D eigenvalue weighted by molar-refractivity contribution is -0.148. The van der Waals surface area contributed by atoms with E-state index in [9.17, 15) is 19.2 Å². The lowest BCUT2D eigenvalue weighted by Crippen LogP contribution is -2.60. The van der Waals surface area contributed by atoms with Crippen molar-refractivity contribution in [3.05, 3.63) is 0 Å². The Morgan fingerprint density at radius 1 is 0.944 bits per heavy atom. The molecule has 202 valence electrons. The van der Waals surface area contributed by atoms with E-state index in [2.05, 4.69) is 36.3 Å². The first-order valence-electron chi connectivity index (χ1n) is 14.3. The Labute approximate surface area is 216 Å². The lowest BCUT2D eigenvalue weighted by atomic mass is 9.83. The number of hydrogen-bond donors (Lipinski definition) is 2. The Balaban J connectivity index is 1.53. The average molecular weight is 503 g/mol. The van der Waals surface area contributed by atoms with Crippen molar-refractivity contribution >= 4 is 23.5 Å². The fraction of sp³-hybridized carbons (Fsp3) is 0.857. The summed E-state index contributed by atoms with van der Waals surface area (Å²) in [6.07, 6.45) is 9.30. The first kappa shape index (κ1) is 27.1. The molecule has 2 aliphatic heterocycles. The highest BCUT2D eigenvalue weighted by Gasteiger charge is 2.52. The van der Waals surface area contributed by atoms with E-state index < -0.39 is 23.8 Å². The third-order valence-corrected chi connectivity index (χ3v) is 8.60. The molecule has 0 aromatic heterocycles. The van der Waals surface area contributed by atoms with Gasteiger partial charge in [0.2, 0.25) is 17.6 Å². The predicted molar refractivity (Wildman–Crippen MR) is 138 cm³/mol. The molecule has 8 heteroatoms. The molecule has 4 unspecified atom stereocenters. The van der Waals surface area contributed by atoms with Crippen molar-refractivity contribution in [2.45, 2.75) is 116 Å². The molecule has 2 heterocycles. The smallest absolute Gasteiger partial charge is 0.289 e. The molecule has 3 amide bonds. The molecule has 5 atom stereocenters. The van der Waals surface area contributed by atoms with E-state index in [1.54, 1.807) is 0 Å². The van der Waals surface area contributed by atoms with E-state index in [0.29, 0.717) is 25.3 Å². The minimum atomic E-state index is -0.848. The van der Waals surface area contributed by atoms with Crippen LogP contribution in [0.5, 0.6) is 0 Å². The summed E-state index contributed by atoms with van der Waals surface area (Å²) in [5.41, 5.74) is -0.255. The largest absolute Gasteiger partial charge is 0.347 e. The number of nitrogens with one attached hydrogen (secondary N) is 2. The third-order valence-electron chi connectivity index (χ3n) is 8.60. The SMILES string of the molecule is CCCC(NC(=O)C1C2CCCC2CN1C(=O)[C@H](N1CCCCC1)C(C)(C)C)C(=O)C(=O)NC1CC1. The minimum Gasteiger partial charge on any atom is -0.347 e. The van der Waals surface area contributed by atoms with E-state index in [1.165, 1.54) is 6.42 Å². The topological polar surface area (TPSA) is 98.8 Å². The summed E-state index contributed by atoms with van der Waals surface area (Å²) in [5, 5.41) is 5.69. The van der Waals surface area contributed by atoms with Crippen molar-refractivity contribution in [2.75, 3.05) is 19.6 Å². The van der Waals surface area contributed by atoms with Gasteiger partial charge in [0.05, 0.1) is 12.1 Å². The highest BCUT2D eigenvalue weighted by atomic mass is 16.2. The summed E-state index contributed by atoms with van der Waals surface area (Å²) in [5.74, 6) is -0.957. The number of carbonyl (C=O) groups excluding carboxylic acids is 4. The molecule has 0 bridgehead atoms. The lowest BCUT2D eigenvalue weighted by Gasteiger charge is -2.43. The van der Waals surface area contributed by atoms with Crippen LogP contribution in [-0.2, 0) is 19.2 Å². The molecular formula is C28H46N4O4. The monoisotopic (exact) mass is 502 g/mol. The number of carbonyl (C=O) groups is 4. The third kappa shape index (κ3) is 5.95. The van der Waals surface area contributed by atoms with Crippen molar-refractivity contribution in [2.24, 2.45) is 17.3 Å². The molecule has 0 aromatic carbocycles. The molecular weight excluding hydrogens is 456 g/mol. The number of ketones is 1. The molecule has 8 nitrogen and oxygen atoms in total. The zero-order valence-corrected chi connectivity index (χ0v) is 22.7. The van der Waals surface area contributed by atoms with Crippen LogP contribution in [0.2, 0.25) is 0 Å². The first-order valence-corrected chi connectivity index (χ1v) is 14.3. The van der Waals surface area contributed by atoms with E-state index in [-0.39, 0.29) is 35.2 Å². The van der Waals surface area contributed by atoms with Crippen LogP contribution in [0.3, 0.4) is 0 Å². The normalized spacial score (nSPS) is 28.3. The Hall–Kier alpha value is -1.96. The Bertz CT molecular complexity index is 843. The van der Waals surface area contributed by atoms with Crippen LogP contribution >= 0.6 is 0 Å². The van der Waals surface area contributed by atoms with Crippen molar-refractivity contribution < 1.29 is 19.2 Å². The van der Waals surface area contributed by atoms with Crippen molar-refractivity contribution in [3.63, 3.8) is 0 Å². The van der Waals surface area contributed by atoms with Crippen LogP contribution in [-0.4, -0.2) is 77.1 Å². The van der Waals surface area contributed by atoms with Crippen molar-refractivity contribution in [3.8, 4) is 0 Å². The zero-order valence-electron chi connectivity index (χ0n) is 22.7. The Morgan fingerprint density at radius 2 is 1.64 bits per heavy atom. The van der Waals surface area contributed by atoms with Gasteiger partial charge in [-0.2, -0.15) is 0 Å². The Kier molecular flexibility index (Phi) is 8.42. The number of hydrogen-bond acceptors (Lipinski definition) is 5. The number of likely N-dealkylation sites (tertiary alicyclic amines) is 2. The molecule has 0 spiro atoms. The number of piperidine rings is 1. The van der Waals surface area contributed by atoms with E-state index in [4.69, 9.17) is 0 Å². The number of amides is 3. The highest BCUT2D eigenvalue weighted by molar-refractivity contribution is 6.38. The molecule has 2 saturated heterocycles. The summed E-state index contributed by atoms with van der Waals surface area (Å²) in [6.45, 7) is 10.7. The van der Waals surface area contributed by atoms with E-state index in [1.807, 2.05) is 11.8 Å². The molecule has 4 fully saturated rings. The molecule has 2 saturated carbocycles. The molecule has 0 radical (unpaired) electrons. The maximum Gasteiger partial charge on any atom is 0.289 e. The van der Waals surface area contributed by atoms with E-state index >= 15 is 0 Å². The quantitative estimate of drug-likeness (QED) is 0.473. The molecule has 2 N–H and O–H groups in total. The fourth-order valence-electron chi connectivity index (χ4n) is 6.73.